The van der Waals surface area contributed by atoms with Gasteiger partial charge in [-0.15, -0.1) is 0 Å². The summed E-state index contributed by atoms with van der Waals surface area (Å²) in [5.41, 5.74) is 3.99. The van der Waals surface area contributed by atoms with E-state index in [1.54, 1.807) is 18.5 Å². The number of benzene rings is 2. The average molecular weight is 375 g/mol. The highest BCUT2D eigenvalue weighted by atomic mass is 16.7. The lowest BCUT2D eigenvalue weighted by molar-refractivity contribution is 0.102. The van der Waals surface area contributed by atoms with Crippen molar-refractivity contribution in [3.05, 3.63) is 72.1 Å². The molecule has 3 aromatic rings. The van der Waals surface area contributed by atoms with Crippen LogP contribution in [-0.2, 0) is 0 Å². The molecule has 0 radical (unpaired) electrons. The molecule has 4 rings (SSSR count). The van der Waals surface area contributed by atoms with Crippen LogP contribution in [-0.4, -0.2) is 17.7 Å². The molecule has 6 nitrogen and oxygen atoms in total. The van der Waals surface area contributed by atoms with E-state index in [1.165, 1.54) is 5.56 Å². The number of fused-ring (bicyclic) bond motifs is 1. The monoisotopic (exact) mass is 375 g/mol. The van der Waals surface area contributed by atoms with Crippen LogP contribution < -0.4 is 20.1 Å². The number of nitrogens with one attached hydrogen (secondary N) is 2. The molecule has 1 aliphatic heterocycles. The molecule has 1 aliphatic rings. The molecule has 2 aromatic carbocycles. The smallest absolute Gasteiger partial charge is 0.257 e. The van der Waals surface area contributed by atoms with Gasteiger partial charge in [-0.1, -0.05) is 26.0 Å². The first-order valence-corrected chi connectivity index (χ1v) is 9.11. The van der Waals surface area contributed by atoms with Gasteiger partial charge in [0.05, 0.1) is 17.4 Å². The first-order valence-electron chi connectivity index (χ1n) is 9.11. The Kier molecular flexibility index (Phi) is 4.85. The van der Waals surface area contributed by atoms with Gasteiger partial charge < -0.3 is 20.1 Å². The van der Waals surface area contributed by atoms with Crippen molar-refractivity contribution in [1.29, 1.82) is 0 Å². The molecule has 142 valence electrons. The molecule has 0 saturated heterocycles. The predicted molar refractivity (Wildman–Crippen MR) is 109 cm³/mol. The fourth-order valence-corrected chi connectivity index (χ4v) is 2.93. The third-order valence-electron chi connectivity index (χ3n) is 4.50. The maximum absolute atomic E-state index is 12.6. The molecule has 0 bridgehead atoms. The Morgan fingerprint density at radius 2 is 1.68 bits per heavy atom. The number of pyridine rings is 1. The minimum absolute atomic E-state index is 0.209. The second kappa shape index (κ2) is 7.60. The van der Waals surface area contributed by atoms with E-state index < -0.39 is 0 Å². The zero-order valence-corrected chi connectivity index (χ0v) is 15.7. The van der Waals surface area contributed by atoms with Crippen molar-refractivity contribution in [1.82, 2.24) is 4.98 Å². The highest BCUT2D eigenvalue weighted by Crippen LogP contribution is 2.35. The Labute approximate surface area is 163 Å². The molecule has 2 heterocycles. The third kappa shape index (κ3) is 3.91. The normalized spacial score (nSPS) is 12.1. The zero-order chi connectivity index (χ0) is 19.5. The summed E-state index contributed by atoms with van der Waals surface area (Å²) in [4.78, 5) is 16.7. The zero-order valence-electron chi connectivity index (χ0n) is 15.7. The van der Waals surface area contributed by atoms with Crippen LogP contribution in [0.25, 0.3) is 0 Å². The van der Waals surface area contributed by atoms with Crippen molar-refractivity contribution in [2.24, 2.45) is 0 Å². The van der Waals surface area contributed by atoms with Gasteiger partial charge in [-0.05, 0) is 41.8 Å². The van der Waals surface area contributed by atoms with E-state index in [1.807, 2.05) is 42.5 Å². The second-order valence-corrected chi connectivity index (χ2v) is 6.89. The van der Waals surface area contributed by atoms with Crippen LogP contribution >= 0.6 is 0 Å². The quantitative estimate of drug-likeness (QED) is 0.661. The van der Waals surface area contributed by atoms with Gasteiger partial charge in [0.15, 0.2) is 11.5 Å². The fraction of sp³-hybridized carbons (Fsp3) is 0.182. The lowest BCUT2D eigenvalue weighted by atomic mass is 10.0. The lowest BCUT2D eigenvalue weighted by Crippen LogP contribution is -2.12. The minimum atomic E-state index is -0.209. The van der Waals surface area contributed by atoms with Gasteiger partial charge in [0.2, 0.25) is 6.79 Å². The third-order valence-corrected chi connectivity index (χ3v) is 4.50. The van der Waals surface area contributed by atoms with Crippen LogP contribution in [0.1, 0.15) is 35.7 Å². The van der Waals surface area contributed by atoms with Crippen molar-refractivity contribution in [2.75, 3.05) is 17.4 Å². The van der Waals surface area contributed by atoms with Crippen molar-refractivity contribution in [3.8, 4) is 11.5 Å². The Hall–Kier alpha value is -3.54. The van der Waals surface area contributed by atoms with Gasteiger partial charge in [0.1, 0.15) is 0 Å². The van der Waals surface area contributed by atoms with E-state index in [0.29, 0.717) is 22.9 Å². The summed E-state index contributed by atoms with van der Waals surface area (Å²) in [6.07, 6.45) is 3.21. The van der Waals surface area contributed by atoms with E-state index in [9.17, 15) is 4.79 Å². The van der Waals surface area contributed by atoms with E-state index in [4.69, 9.17) is 9.47 Å². The first kappa shape index (κ1) is 17.9. The van der Waals surface area contributed by atoms with Crippen molar-refractivity contribution < 1.29 is 14.3 Å². The molecule has 28 heavy (non-hydrogen) atoms. The number of hydrogen-bond acceptors (Lipinski definition) is 5. The number of carbonyl (C=O) groups is 1. The molecule has 2 N–H and O–H groups in total. The number of amides is 1. The summed E-state index contributed by atoms with van der Waals surface area (Å²) < 4.78 is 10.7. The Balaban J connectivity index is 1.46. The molecule has 0 atom stereocenters. The van der Waals surface area contributed by atoms with E-state index in [0.717, 1.165) is 17.1 Å². The number of anilines is 3. The average Bonchev–Trinajstić information content (AvgIpc) is 3.16. The Morgan fingerprint density at radius 1 is 0.929 bits per heavy atom. The topological polar surface area (TPSA) is 72.5 Å². The molecule has 6 heteroatoms. The van der Waals surface area contributed by atoms with Crippen LogP contribution in [0.2, 0.25) is 0 Å². The molecule has 0 fully saturated rings. The van der Waals surface area contributed by atoms with Crippen LogP contribution in [0.4, 0.5) is 17.1 Å². The summed E-state index contributed by atoms with van der Waals surface area (Å²) in [6.45, 7) is 4.50. The highest BCUT2D eigenvalue weighted by molar-refractivity contribution is 6.04. The van der Waals surface area contributed by atoms with Gasteiger partial charge in [-0.3, -0.25) is 9.78 Å². The fourth-order valence-electron chi connectivity index (χ4n) is 2.93. The lowest BCUT2D eigenvalue weighted by Gasteiger charge is -2.10. The highest BCUT2D eigenvalue weighted by Gasteiger charge is 2.14. The number of rotatable bonds is 5. The van der Waals surface area contributed by atoms with Gasteiger partial charge in [0.25, 0.3) is 5.91 Å². The van der Waals surface area contributed by atoms with Gasteiger partial charge in [0, 0.05) is 23.6 Å². The first-order chi connectivity index (χ1) is 13.6. The Bertz CT molecular complexity index is 1000. The Morgan fingerprint density at radius 3 is 2.46 bits per heavy atom. The molecule has 1 aromatic heterocycles. The molecule has 0 aliphatic carbocycles. The number of nitrogens with zero attached hydrogens (tertiary/aromatic N) is 1. The number of hydrogen-bond donors (Lipinski definition) is 2. The maximum Gasteiger partial charge on any atom is 0.257 e. The van der Waals surface area contributed by atoms with E-state index >= 15 is 0 Å². The van der Waals surface area contributed by atoms with E-state index in [-0.39, 0.29) is 12.7 Å². The van der Waals surface area contributed by atoms with Gasteiger partial charge in [-0.25, -0.2) is 0 Å². The maximum atomic E-state index is 12.6. The van der Waals surface area contributed by atoms with Crippen LogP contribution in [0.3, 0.4) is 0 Å². The van der Waals surface area contributed by atoms with E-state index in [2.05, 4.69) is 29.5 Å². The molecule has 1 amide bonds. The van der Waals surface area contributed by atoms with Crippen molar-refractivity contribution >= 4 is 23.0 Å². The molecular formula is C22H21N3O3. The number of aromatic nitrogens is 1. The summed E-state index contributed by atoms with van der Waals surface area (Å²) >= 11 is 0. The minimum Gasteiger partial charge on any atom is -0.454 e. The van der Waals surface area contributed by atoms with Crippen LogP contribution in [0, 0.1) is 0 Å². The molecular weight excluding hydrogens is 354 g/mol. The number of ether oxygens (including phenoxy) is 2. The second-order valence-electron chi connectivity index (χ2n) is 6.89. The summed E-state index contributed by atoms with van der Waals surface area (Å²) in [5, 5.41) is 6.14. The van der Waals surface area contributed by atoms with Crippen LogP contribution in [0.15, 0.2) is 60.9 Å². The largest absolute Gasteiger partial charge is 0.454 e. The van der Waals surface area contributed by atoms with Crippen molar-refractivity contribution in [3.63, 3.8) is 0 Å². The molecule has 0 saturated carbocycles. The van der Waals surface area contributed by atoms with Gasteiger partial charge >= 0.3 is 0 Å². The summed E-state index contributed by atoms with van der Waals surface area (Å²) in [7, 11) is 0. The number of carbonyl (C=O) groups excluding carboxylic acids is 1. The standard InChI is InChI=1S/C22H21N3O3/c1-14(2)15-3-5-17(6-4-15)25-22(26)16-9-19(12-23-11-16)24-18-7-8-20-21(10-18)28-13-27-20/h3-12,14,24H,13H2,1-2H3,(H,25,26). The predicted octanol–water partition coefficient (Wildman–Crippen LogP) is 4.93. The SMILES string of the molecule is CC(C)c1ccc(NC(=O)c2cncc(Nc3ccc4c(c3)OCO4)c2)cc1. The van der Waals surface area contributed by atoms with Crippen LogP contribution in [0.5, 0.6) is 11.5 Å². The van der Waals surface area contributed by atoms with Crippen molar-refractivity contribution in [2.45, 2.75) is 19.8 Å². The summed E-state index contributed by atoms with van der Waals surface area (Å²) in [6, 6.07) is 15.2. The van der Waals surface area contributed by atoms with Gasteiger partial charge in [-0.2, -0.15) is 0 Å². The molecule has 0 unspecified atom stereocenters. The molecule has 0 spiro atoms. The summed E-state index contributed by atoms with van der Waals surface area (Å²) in [5.74, 6) is 1.66.